The number of hydrogen-bond acceptors (Lipinski definition) is 5. The molecule has 7 heteroatoms. The molecule has 146 valence electrons. The van der Waals surface area contributed by atoms with Crippen LogP contribution in [0.2, 0.25) is 0 Å². The Hall–Kier alpha value is -2.54. The van der Waals surface area contributed by atoms with E-state index in [4.69, 9.17) is 14.2 Å². The molecule has 0 saturated carbocycles. The van der Waals surface area contributed by atoms with Crippen LogP contribution in [-0.2, 0) is 11.3 Å². The van der Waals surface area contributed by atoms with Crippen molar-refractivity contribution < 1.29 is 19.0 Å². The number of benzene rings is 1. The van der Waals surface area contributed by atoms with Gasteiger partial charge >= 0.3 is 0 Å². The lowest BCUT2D eigenvalue weighted by Gasteiger charge is -2.27. The van der Waals surface area contributed by atoms with Gasteiger partial charge in [-0.3, -0.25) is 9.59 Å². The Morgan fingerprint density at radius 1 is 1.11 bits per heavy atom. The number of ether oxygens (including phenoxy) is 3. The Morgan fingerprint density at radius 2 is 1.70 bits per heavy atom. The number of carbonyl (C=O) groups excluding carboxylic acids is 1. The Labute approximate surface area is 158 Å². The summed E-state index contributed by atoms with van der Waals surface area (Å²) in [6, 6.07) is 3.37. The molecule has 1 fully saturated rings. The second kappa shape index (κ2) is 8.00. The van der Waals surface area contributed by atoms with E-state index >= 15 is 0 Å². The second-order valence-corrected chi connectivity index (χ2v) is 7.05. The summed E-state index contributed by atoms with van der Waals surface area (Å²) in [5.41, 5.74) is 0.353. The van der Waals surface area contributed by atoms with Crippen molar-refractivity contribution in [3.63, 3.8) is 0 Å². The first kappa shape index (κ1) is 19.2. The van der Waals surface area contributed by atoms with Crippen LogP contribution >= 0.6 is 0 Å². The Bertz CT molecular complexity index is 897. The van der Waals surface area contributed by atoms with Crippen molar-refractivity contribution in [2.75, 3.05) is 40.5 Å². The first-order chi connectivity index (χ1) is 13.0. The van der Waals surface area contributed by atoms with E-state index in [-0.39, 0.29) is 17.4 Å². The fourth-order valence-electron chi connectivity index (χ4n) is 3.35. The molecule has 0 N–H and O–H groups in total. The number of rotatable bonds is 5. The van der Waals surface area contributed by atoms with Crippen molar-refractivity contribution in [2.45, 2.75) is 20.4 Å². The van der Waals surface area contributed by atoms with Crippen molar-refractivity contribution >= 4 is 16.7 Å². The number of amides is 1. The number of morpholine rings is 1. The zero-order valence-electron chi connectivity index (χ0n) is 16.3. The minimum absolute atomic E-state index is 0.104. The molecule has 3 rings (SSSR count). The molecule has 0 aliphatic carbocycles. The van der Waals surface area contributed by atoms with Gasteiger partial charge in [-0.2, -0.15) is 0 Å². The van der Waals surface area contributed by atoms with E-state index in [0.29, 0.717) is 60.7 Å². The lowest BCUT2D eigenvalue weighted by Crippen LogP contribution is -2.41. The summed E-state index contributed by atoms with van der Waals surface area (Å²) in [4.78, 5) is 28.0. The molecule has 2 heterocycles. The molecule has 0 atom stereocenters. The quantitative estimate of drug-likeness (QED) is 0.802. The highest BCUT2D eigenvalue weighted by Gasteiger charge is 2.24. The van der Waals surface area contributed by atoms with E-state index in [1.165, 1.54) is 14.2 Å². The van der Waals surface area contributed by atoms with E-state index < -0.39 is 0 Å². The van der Waals surface area contributed by atoms with Gasteiger partial charge in [0.15, 0.2) is 11.5 Å². The zero-order valence-corrected chi connectivity index (χ0v) is 16.3. The molecule has 1 amide bonds. The van der Waals surface area contributed by atoms with Crippen LogP contribution in [-0.4, -0.2) is 55.9 Å². The average molecular weight is 374 g/mol. The van der Waals surface area contributed by atoms with E-state index in [1.807, 2.05) is 13.8 Å². The SMILES string of the molecule is COc1cc2c(C(=O)N3CCOCC3)cn(CC(C)C)c(=O)c2cc1OC. The number of aromatic nitrogens is 1. The predicted octanol–water partition coefficient (Wildman–Crippen LogP) is 2.15. The maximum Gasteiger partial charge on any atom is 0.258 e. The molecule has 7 nitrogen and oxygen atoms in total. The predicted molar refractivity (Wildman–Crippen MR) is 103 cm³/mol. The van der Waals surface area contributed by atoms with Gasteiger partial charge in [0.1, 0.15) is 0 Å². The number of methoxy groups -OCH3 is 2. The van der Waals surface area contributed by atoms with Crippen LogP contribution in [0, 0.1) is 5.92 Å². The molecule has 1 aromatic carbocycles. The van der Waals surface area contributed by atoms with Crippen LogP contribution in [0.1, 0.15) is 24.2 Å². The first-order valence-electron chi connectivity index (χ1n) is 9.12. The molecule has 1 aromatic heterocycles. The van der Waals surface area contributed by atoms with Gasteiger partial charge in [-0.25, -0.2) is 0 Å². The Kier molecular flexibility index (Phi) is 5.70. The van der Waals surface area contributed by atoms with Gasteiger partial charge < -0.3 is 23.7 Å². The zero-order chi connectivity index (χ0) is 19.6. The van der Waals surface area contributed by atoms with Crippen LogP contribution < -0.4 is 15.0 Å². The highest BCUT2D eigenvalue weighted by Crippen LogP contribution is 2.32. The third-order valence-corrected chi connectivity index (χ3v) is 4.68. The summed E-state index contributed by atoms with van der Waals surface area (Å²) in [5, 5.41) is 1.03. The summed E-state index contributed by atoms with van der Waals surface area (Å²) in [5.74, 6) is 1.12. The van der Waals surface area contributed by atoms with Gasteiger partial charge in [-0.05, 0) is 18.1 Å². The van der Waals surface area contributed by atoms with Gasteiger partial charge in [-0.15, -0.1) is 0 Å². The van der Waals surface area contributed by atoms with E-state index in [1.54, 1.807) is 27.8 Å². The van der Waals surface area contributed by atoms with Crippen LogP contribution in [0.3, 0.4) is 0 Å². The normalized spacial score (nSPS) is 14.6. The lowest BCUT2D eigenvalue weighted by atomic mass is 10.0. The monoisotopic (exact) mass is 374 g/mol. The second-order valence-electron chi connectivity index (χ2n) is 7.05. The molecular weight excluding hydrogens is 348 g/mol. The summed E-state index contributed by atoms with van der Waals surface area (Å²) in [7, 11) is 3.06. The van der Waals surface area contributed by atoms with E-state index in [0.717, 1.165) is 0 Å². The molecule has 0 unspecified atom stereocenters. The summed E-state index contributed by atoms with van der Waals surface area (Å²) in [6.07, 6.45) is 1.67. The summed E-state index contributed by atoms with van der Waals surface area (Å²) < 4.78 is 17.7. The third-order valence-electron chi connectivity index (χ3n) is 4.68. The van der Waals surface area contributed by atoms with Crippen LogP contribution in [0.25, 0.3) is 10.8 Å². The molecule has 2 aromatic rings. The van der Waals surface area contributed by atoms with Gasteiger partial charge in [0.25, 0.3) is 11.5 Å². The molecule has 27 heavy (non-hydrogen) atoms. The van der Waals surface area contributed by atoms with Crippen molar-refractivity contribution in [3.8, 4) is 11.5 Å². The average Bonchev–Trinajstić information content (AvgIpc) is 2.69. The van der Waals surface area contributed by atoms with Gasteiger partial charge in [0, 0.05) is 31.2 Å². The van der Waals surface area contributed by atoms with E-state index in [9.17, 15) is 9.59 Å². The molecule has 1 aliphatic rings. The highest BCUT2D eigenvalue weighted by molar-refractivity contribution is 6.07. The third kappa shape index (κ3) is 3.78. The van der Waals surface area contributed by atoms with Crippen molar-refractivity contribution in [1.29, 1.82) is 0 Å². The van der Waals surface area contributed by atoms with Crippen LogP contribution in [0.5, 0.6) is 11.5 Å². The van der Waals surface area contributed by atoms with Gasteiger partial charge in [0.2, 0.25) is 0 Å². The molecule has 0 spiro atoms. The Morgan fingerprint density at radius 3 is 2.26 bits per heavy atom. The largest absolute Gasteiger partial charge is 0.493 e. The molecular formula is C20H26N2O5. The first-order valence-corrected chi connectivity index (χ1v) is 9.12. The van der Waals surface area contributed by atoms with Gasteiger partial charge in [0.05, 0.1) is 38.4 Å². The fraction of sp³-hybridized carbons (Fsp3) is 0.500. The smallest absolute Gasteiger partial charge is 0.258 e. The van der Waals surface area contributed by atoms with Crippen LogP contribution in [0.4, 0.5) is 0 Å². The number of fused-ring (bicyclic) bond motifs is 1. The minimum atomic E-state index is -0.141. The van der Waals surface area contributed by atoms with Gasteiger partial charge in [-0.1, -0.05) is 13.8 Å². The van der Waals surface area contributed by atoms with Crippen molar-refractivity contribution in [1.82, 2.24) is 9.47 Å². The molecule has 1 saturated heterocycles. The van der Waals surface area contributed by atoms with Crippen molar-refractivity contribution in [3.05, 3.63) is 34.2 Å². The Balaban J connectivity index is 2.23. The summed E-state index contributed by atoms with van der Waals surface area (Å²) >= 11 is 0. The van der Waals surface area contributed by atoms with E-state index in [2.05, 4.69) is 0 Å². The van der Waals surface area contributed by atoms with Crippen molar-refractivity contribution in [2.24, 2.45) is 5.92 Å². The molecule has 0 radical (unpaired) electrons. The standard InChI is InChI=1S/C20H26N2O5/c1-13(2)11-22-12-16(20(24)21-5-7-27-8-6-21)14-9-17(25-3)18(26-4)10-15(14)19(22)23/h9-10,12-13H,5-8,11H2,1-4H3. The fourth-order valence-corrected chi connectivity index (χ4v) is 3.35. The van der Waals surface area contributed by atoms with Crippen LogP contribution in [0.15, 0.2) is 23.1 Å². The lowest BCUT2D eigenvalue weighted by molar-refractivity contribution is 0.0303. The minimum Gasteiger partial charge on any atom is -0.493 e. The maximum atomic E-state index is 13.2. The highest BCUT2D eigenvalue weighted by atomic mass is 16.5. The number of nitrogens with zero attached hydrogens (tertiary/aromatic N) is 2. The molecule has 0 bridgehead atoms. The number of pyridine rings is 1. The topological polar surface area (TPSA) is 70.0 Å². The summed E-state index contributed by atoms with van der Waals surface area (Å²) in [6.45, 7) is 6.72. The number of hydrogen-bond donors (Lipinski definition) is 0. The maximum absolute atomic E-state index is 13.2. The molecule has 1 aliphatic heterocycles. The number of carbonyl (C=O) groups is 1.